The Labute approximate surface area is 144 Å². The molecular weight excluding hydrogens is 300 g/mol. The molecule has 1 heterocycles. The fourth-order valence-corrected chi connectivity index (χ4v) is 3.70. The van der Waals surface area contributed by atoms with Crippen molar-refractivity contribution >= 4 is 0 Å². The Balaban J connectivity index is 1.77. The van der Waals surface area contributed by atoms with E-state index in [-0.39, 0.29) is 0 Å². The maximum atomic E-state index is 10.9. The molecule has 1 saturated carbocycles. The Hall–Kier alpha value is -1.65. The number of rotatable bonds is 7. The van der Waals surface area contributed by atoms with Crippen LogP contribution in [0.2, 0.25) is 0 Å². The predicted molar refractivity (Wildman–Crippen MR) is 94.6 cm³/mol. The maximum Gasteiger partial charge on any atom is 0.181 e. The summed E-state index contributed by atoms with van der Waals surface area (Å²) in [5.74, 6) is 1.27. The molecule has 2 aromatic rings. The normalized spacial score (nSPS) is 17.0. The molecule has 1 aromatic carbocycles. The summed E-state index contributed by atoms with van der Waals surface area (Å²) in [4.78, 5) is 6.74. The average molecular weight is 328 g/mol. The highest BCUT2D eigenvalue weighted by atomic mass is 16.3. The quantitative estimate of drug-likeness (QED) is 0.831. The standard InChI is InChI=1S/C20H28N2O2/c1-16(2)19-18(21-15-24-19)13-22(12-17-8-4-3-5-9-17)14-20(23)10-6-7-11-20/h3-5,8-9,15-16,23H,6-7,10-14H2,1-2H3. The molecule has 0 saturated heterocycles. The van der Waals surface area contributed by atoms with Crippen molar-refractivity contribution in [3.8, 4) is 0 Å². The number of hydrogen-bond donors (Lipinski definition) is 1. The molecule has 24 heavy (non-hydrogen) atoms. The molecule has 0 amide bonds. The van der Waals surface area contributed by atoms with Gasteiger partial charge < -0.3 is 9.52 Å². The van der Waals surface area contributed by atoms with Crippen LogP contribution in [0, 0.1) is 0 Å². The molecule has 0 aliphatic heterocycles. The van der Waals surface area contributed by atoms with Crippen LogP contribution in [0.3, 0.4) is 0 Å². The first-order chi connectivity index (χ1) is 11.6. The Morgan fingerprint density at radius 3 is 2.54 bits per heavy atom. The number of nitrogens with zero attached hydrogens (tertiary/aromatic N) is 2. The number of oxazole rings is 1. The van der Waals surface area contributed by atoms with Gasteiger partial charge >= 0.3 is 0 Å². The van der Waals surface area contributed by atoms with Crippen molar-refractivity contribution in [2.45, 2.75) is 64.1 Å². The molecule has 1 aliphatic rings. The molecule has 130 valence electrons. The van der Waals surface area contributed by atoms with Gasteiger partial charge in [0.15, 0.2) is 6.39 Å². The van der Waals surface area contributed by atoms with Crippen LogP contribution in [-0.4, -0.2) is 27.1 Å². The first-order valence-corrected chi connectivity index (χ1v) is 8.97. The van der Waals surface area contributed by atoms with E-state index in [2.05, 4.69) is 48.0 Å². The number of aliphatic hydroxyl groups is 1. The van der Waals surface area contributed by atoms with Crippen LogP contribution in [0.1, 0.15) is 62.5 Å². The SMILES string of the molecule is CC(C)c1ocnc1CN(Cc1ccccc1)CC1(O)CCCC1. The Morgan fingerprint density at radius 1 is 1.17 bits per heavy atom. The molecule has 4 nitrogen and oxygen atoms in total. The maximum absolute atomic E-state index is 10.9. The lowest BCUT2D eigenvalue weighted by molar-refractivity contribution is 0.00408. The second-order valence-corrected chi connectivity index (χ2v) is 7.38. The minimum Gasteiger partial charge on any atom is -0.448 e. The summed E-state index contributed by atoms with van der Waals surface area (Å²) >= 11 is 0. The van der Waals surface area contributed by atoms with Crippen molar-refractivity contribution in [1.29, 1.82) is 0 Å². The molecule has 0 spiro atoms. The van der Waals surface area contributed by atoms with E-state index in [1.165, 1.54) is 12.0 Å². The molecule has 1 fully saturated rings. The van der Waals surface area contributed by atoms with Gasteiger partial charge in [-0.1, -0.05) is 57.0 Å². The van der Waals surface area contributed by atoms with E-state index in [9.17, 15) is 5.11 Å². The van der Waals surface area contributed by atoms with Crippen molar-refractivity contribution < 1.29 is 9.52 Å². The zero-order valence-corrected chi connectivity index (χ0v) is 14.7. The van der Waals surface area contributed by atoms with Crippen LogP contribution in [0.25, 0.3) is 0 Å². The van der Waals surface area contributed by atoms with Gasteiger partial charge in [0, 0.05) is 25.6 Å². The van der Waals surface area contributed by atoms with E-state index in [1.807, 2.05) is 6.07 Å². The van der Waals surface area contributed by atoms with E-state index in [0.29, 0.717) is 19.0 Å². The number of hydrogen-bond acceptors (Lipinski definition) is 4. The number of benzene rings is 1. The highest BCUT2D eigenvalue weighted by Gasteiger charge is 2.33. The second kappa shape index (κ2) is 7.49. The van der Waals surface area contributed by atoms with Crippen molar-refractivity contribution in [2.75, 3.05) is 6.54 Å². The lowest BCUT2D eigenvalue weighted by Gasteiger charge is -2.31. The van der Waals surface area contributed by atoms with E-state index < -0.39 is 5.60 Å². The summed E-state index contributed by atoms with van der Waals surface area (Å²) in [6, 6.07) is 10.4. The zero-order valence-electron chi connectivity index (χ0n) is 14.7. The van der Waals surface area contributed by atoms with Gasteiger partial charge in [-0.15, -0.1) is 0 Å². The van der Waals surface area contributed by atoms with E-state index >= 15 is 0 Å². The fourth-order valence-electron chi connectivity index (χ4n) is 3.70. The molecule has 1 aliphatic carbocycles. The monoisotopic (exact) mass is 328 g/mol. The predicted octanol–water partition coefficient (Wildman–Crippen LogP) is 4.11. The molecule has 4 heteroatoms. The largest absolute Gasteiger partial charge is 0.448 e. The molecule has 1 aromatic heterocycles. The third kappa shape index (κ3) is 4.25. The van der Waals surface area contributed by atoms with Crippen LogP contribution in [0.4, 0.5) is 0 Å². The third-order valence-electron chi connectivity index (χ3n) is 4.87. The molecule has 0 bridgehead atoms. The summed E-state index contributed by atoms with van der Waals surface area (Å²) < 4.78 is 5.57. The van der Waals surface area contributed by atoms with Crippen LogP contribution >= 0.6 is 0 Å². The highest BCUT2D eigenvalue weighted by molar-refractivity contribution is 5.16. The van der Waals surface area contributed by atoms with Crippen molar-refractivity contribution in [3.63, 3.8) is 0 Å². The summed E-state index contributed by atoms with van der Waals surface area (Å²) in [7, 11) is 0. The molecule has 1 N–H and O–H groups in total. The third-order valence-corrected chi connectivity index (χ3v) is 4.87. The lowest BCUT2D eigenvalue weighted by Crippen LogP contribution is -2.40. The Morgan fingerprint density at radius 2 is 1.88 bits per heavy atom. The minimum absolute atomic E-state index is 0.315. The topological polar surface area (TPSA) is 49.5 Å². The summed E-state index contributed by atoms with van der Waals surface area (Å²) in [6.45, 7) is 6.45. The molecule has 0 unspecified atom stereocenters. The Kier molecular flexibility index (Phi) is 5.36. The van der Waals surface area contributed by atoms with Gasteiger partial charge in [0.25, 0.3) is 0 Å². The zero-order chi connectivity index (χ0) is 17.0. The van der Waals surface area contributed by atoms with E-state index in [4.69, 9.17) is 4.42 Å². The first kappa shape index (κ1) is 17.2. The van der Waals surface area contributed by atoms with Gasteiger partial charge in [-0.25, -0.2) is 4.98 Å². The molecule has 0 radical (unpaired) electrons. The van der Waals surface area contributed by atoms with Crippen molar-refractivity contribution in [3.05, 3.63) is 53.7 Å². The minimum atomic E-state index is -0.559. The van der Waals surface area contributed by atoms with Crippen molar-refractivity contribution in [2.24, 2.45) is 0 Å². The smallest absolute Gasteiger partial charge is 0.181 e. The first-order valence-electron chi connectivity index (χ1n) is 8.97. The molecule has 0 atom stereocenters. The van der Waals surface area contributed by atoms with Crippen LogP contribution in [-0.2, 0) is 13.1 Å². The number of aromatic nitrogens is 1. The fraction of sp³-hybridized carbons (Fsp3) is 0.550. The van der Waals surface area contributed by atoms with Gasteiger partial charge in [0.05, 0.1) is 11.3 Å². The van der Waals surface area contributed by atoms with Crippen LogP contribution in [0.15, 0.2) is 41.1 Å². The second-order valence-electron chi connectivity index (χ2n) is 7.38. The highest BCUT2D eigenvalue weighted by Crippen LogP contribution is 2.31. The van der Waals surface area contributed by atoms with Crippen molar-refractivity contribution in [1.82, 2.24) is 9.88 Å². The van der Waals surface area contributed by atoms with E-state index in [1.54, 1.807) is 0 Å². The van der Waals surface area contributed by atoms with E-state index in [0.717, 1.165) is 43.7 Å². The average Bonchev–Trinajstić information content (AvgIpc) is 3.17. The summed E-state index contributed by atoms with van der Waals surface area (Å²) in [5.41, 5.74) is 1.69. The van der Waals surface area contributed by atoms with Gasteiger partial charge in [-0.2, -0.15) is 0 Å². The Bertz CT molecular complexity index is 630. The lowest BCUT2D eigenvalue weighted by atomic mass is 10.0. The molecular formula is C20H28N2O2. The summed E-state index contributed by atoms with van der Waals surface area (Å²) in [6.07, 6.45) is 5.58. The van der Waals surface area contributed by atoms with Gasteiger partial charge in [0.2, 0.25) is 0 Å². The molecule has 3 rings (SSSR count). The van der Waals surface area contributed by atoms with Gasteiger partial charge in [-0.3, -0.25) is 4.90 Å². The van der Waals surface area contributed by atoms with Crippen LogP contribution in [0.5, 0.6) is 0 Å². The van der Waals surface area contributed by atoms with Gasteiger partial charge in [0.1, 0.15) is 5.76 Å². The van der Waals surface area contributed by atoms with Gasteiger partial charge in [-0.05, 0) is 18.4 Å². The summed E-state index contributed by atoms with van der Waals surface area (Å²) in [5, 5.41) is 10.9. The van der Waals surface area contributed by atoms with Crippen LogP contribution < -0.4 is 0 Å².